The molecule has 0 bridgehead atoms. The van der Waals surface area contributed by atoms with Crippen LogP contribution in [0.4, 0.5) is 29.3 Å². The number of amides is 3. The van der Waals surface area contributed by atoms with E-state index < -0.39 is 18.5 Å². The lowest BCUT2D eigenvalue weighted by Crippen LogP contribution is -2.32. The molecule has 1 aromatic rings. The highest BCUT2D eigenvalue weighted by atomic mass is 19.4. The van der Waals surface area contributed by atoms with Gasteiger partial charge < -0.3 is 15.5 Å². The Morgan fingerprint density at radius 2 is 1.59 bits per heavy atom. The second-order valence-corrected chi connectivity index (χ2v) is 5.01. The van der Waals surface area contributed by atoms with Crippen LogP contribution in [-0.2, 0) is 4.79 Å². The molecule has 0 saturated carbocycles. The molecule has 0 aliphatic carbocycles. The zero-order valence-electron chi connectivity index (χ0n) is 11.7. The van der Waals surface area contributed by atoms with Crippen molar-refractivity contribution in [2.24, 2.45) is 0 Å². The summed E-state index contributed by atoms with van der Waals surface area (Å²) in [6, 6.07) is 5.83. The first kappa shape index (κ1) is 16.1. The fraction of sp³-hybridized carbons (Fsp3) is 0.429. The zero-order valence-corrected chi connectivity index (χ0v) is 11.7. The normalized spacial score (nSPS) is 14.8. The van der Waals surface area contributed by atoms with Crippen LogP contribution in [0.25, 0.3) is 0 Å². The zero-order chi connectivity index (χ0) is 16.2. The van der Waals surface area contributed by atoms with Gasteiger partial charge in [0, 0.05) is 13.1 Å². The molecule has 0 unspecified atom stereocenters. The number of hydrogen-bond donors (Lipinski definition) is 2. The molecule has 120 valence electrons. The van der Waals surface area contributed by atoms with Crippen molar-refractivity contribution >= 4 is 23.3 Å². The predicted octanol–water partition coefficient (Wildman–Crippen LogP) is 3.21. The lowest BCUT2D eigenvalue weighted by molar-refractivity contribution is -0.150. The second-order valence-electron chi connectivity index (χ2n) is 5.01. The third kappa shape index (κ3) is 4.64. The Kier molecular flexibility index (Phi) is 4.89. The molecular formula is C14H16F3N3O2. The van der Waals surface area contributed by atoms with E-state index in [1.165, 1.54) is 12.1 Å². The SMILES string of the molecule is O=C(CC(F)(F)F)Nc1ccccc1NC(=O)N1CCCC1. The molecule has 5 nitrogen and oxygen atoms in total. The molecule has 2 N–H and O–H groups in total. The van der Waals surface area contributed by atoms with E-state index in [0.29, 0.717) is 13.1 Å². The third-order valence-electron chi connectivity index (χ3n) is 3.20. The van der Waals surface area contributed by atoms with Crippen LogP contribution in [0.15, 0.2) is 24.3 Å². The Labute approximate surface area is 125 Å². The van der Waals surface area contributed by atoms with E-state index in [0.717, 1.165) is 12.8 Å². The molecule has 22 heavy (non-hydrogen) atoms. The average molecular weight is 315 g/mol. The van der Waals surface area contributed by atoms with Crippen LogP contribution in [0.1, 0.15) is 19.3 Å². The maximum absolute atomic E-state index is 12.2. The third-order valence-corrected chi connectivity index (χ3v) is 3.20. The molecule has 1 heterocycles. The molecular weight excluding hydrogens is 299 g/mol. The smallest absolute Gasteiger partial charge is 0.325 e. The van der Waals surface area contributed by atoms with Crippen molar-refractivity contribution in [2.45, 2.75) is 25.4 Å². The number of para-hydroxylation sites is 2. The summed E-state index contributed by atoms with van der Waals surface area (Å²) in [5.41, 5.74) is 0.416. The Morgan fingerprint density at radius 1 is 1.05 bits per heavy atom. The number of urea groups is 1. The van der Waals surface area contributed by atoms with Gasteiger partial charge in [0.1, 0.15) is 6.42 Å². The Hall–Kier alpha value is -2.25. The van der Waals surface area contributed by atoms with E-state index in [9.17, 15) is 22.8 Å². The van der Waals surface area contributed by atoms with Crippen molar-refractivity contribution in [3.05, 3.63) is 24.3 Å². The van der Waals surface area contributed by atoms with Crippen molar-refractivity contribution in [3.63, 3.8) is 0 Å². The summed E-state index contributed by atoms with van der Waals surface area (Å²) < 4.78 is 36.6. The van der Waals surface area contributed by atoms with Crippen LogP contribution in [0.3, 0.4) is 0 Å². The largest absolute Gasteiger partial charge is 0.397 e. The Bertz CT molecular complexity index is 555. The molecule has 1 fully saturated rings. The van der Waals surface area contributed by atoms with Crippen LogP contribution in [0, 0.1) is 0 Å². The van der Waals surface area contributed by atoms with Crippen molar-refractivity contribution in [1.82, 2.24) is 4.90 Å². The highest BCUT2D eigenvalue weighted by molar-refractivity contribution is 5.99. The van der Waals surface area contributed by atoms with Crippen molar-refractivity contribution in [2.75, 3.05) is 23.7 Å². The van der Waals surface area contributed by atoms with Crippen LogP contribution in [0.5, 0.6) is 0 Å². The van der Waals surface area contributed by atoms with Crippen LogP contribution in [0.2, 0.25) is 0 Å². The molecule has 0 spiro atoms. The number of anilines is 2. The van der Waals surface area contributed by atoms with Crippen LogP contribution >= 0.6 is 0 Å². The van der Waals surface area contributed by atoms with E-state index >= 15 is 0 Å². The minimum absolute atomic E-state index is 0.143. The molecule has 8 heteroatoms. The second kappa shape index (κ2) is 6.67. The number of rotatable bonds is 3. The number of halogens is 3. The van der Waals surface area contributed by atoms with E-state index in [1.54, 1.807) is 17.0 Å². The van der Waals surface area contributed by atoms with Gasteiger partial charge in [-0.1, -0.05) is 12.1 Å². The molecule has 2 rings (SSSR count). The monoisotopic (exact) mass is 315 g/mol. The standard InChI is InChI=1S/C14H16F3N3O2/c15-14(16,17)9-12(21)18-10-5-1-2-6-11(10)19-13(22)20-7-3-4-8-20/h1-2,5-6H,3-4,7-9H2,(H,18,21)(H,19,22). The molecule has 0 radical (unpaired) electrons. The Balaban J connectivity index is 2.03. The summed E-state index contributed by atoms with van der Waals surface area (Å²) in [6.07, 6.45) is -4.28. The summed E-state index contributed by atoms with van der Waals surface area (Å²) in [7, 11) is 0. The van der Waals surface area contributed by atoms with Crippen molar-refractivity contribution in [1.29, 1.82) is 0 Å². The maximum atomic E-state index is 12.2. The lowest BCUT2D eigenvalue weighted by Gasteiger charge is -2.18. The number of nitrogens with one attached hydrogen (secondary N) is 2. The molecule has 1 aromatic carbocycles. The van der Waals surface area contributed by atoms with Gasteiger partial charge in [0.25, 0.3) is 0 Å². The maximum Gasteiger partial charge on any atom is 0.397 e. The molecule has 1 aliphatic heterocycles. The van der Waals surface area contributed by atoms with Crippen molar-refractivity contribution < 1.29 is 22.8 Å². The highest BCUT2D eigenvalue weighted by Crippen LogP contribution is 2.25. The first-order chi connectivity index (χ1) is 10.3. The summed E-state index contributed by atoms with van der Waals surface area (Å²) in [6.45, 7) is 1.29. The number of benzene rings is 1. The van der Waals surface area contributed by atoms with Crippen LogP contribution in [-0.4, -0.2) is 36.1 Å². The number of alkyl halides is 3. The van der Waals surface area contributed by atoms with E-state index in [2.05, 4.69) is 10.6 Å². The number of carbonyl (C=O) groups excluding carboxylic acids is 2. The van der Waals surface area contributed by atoms with Gasteiger partial charge in [0.15, 0.2) is 0 Å². The molecule has 0 atom stereocenters. The average Bonchev–Trinajstić information content (AvgIpc) is 2.92. The van der Waals surface area contributed by atoms with E-state index in [-0.39, 0.29) is 17.4 Å². The highest BCUT2D eigenvalue weighted by Gasteiger charge is 2.31. The number of carbonyl (C=O) groups is 2. The first-order valence-electron chi connectivity index (χ1n) is 6.87. The van der Waals surface area contributed by atoms with Gasteiger partial charge in [-0.25, -0.2) is 4.79 Å². The van der Waals surface area contributed by atoms with Gasteiger partial charge in [0.05, 0.1) is 11.4 Å². The van der Waals surface area contributed by atoms with Crippen LogP contribution < -0.4 is 10.6 Å². The van der Waals surface area contributed by atoms with Gasteiger partial charge in [0.2, 0.25) is 5.91 Å². The number of hydrogen-bond acceptors (Lipinski definition) is 2. The van der Waals surface area contributed by atoms with Crippen molar-refractivity contribution in [3.8, 4) is 0 Å². The summed E-state index contributed by atoms with van der Waals surface area (Å²) >= 11 is 0. The van der Waals surface area contributed by atoms with E-state index in [1.807, 2.05) is 0 Å². The fourth-order valence-electron chi connectivity index (χ4n) is 2.19. The van der Waals surface area contributed by atoms with Gasteiger partial charge >= 0.3 is 12.2 Å². The molecule has 3 amide bonds. The van der Waals surface area contributed by atoms with E-state index in [4.69, 9.17) is 0 Å². The Morgan fingerprint density at radius 3 is 2.14 bits per heavy atom. The quantitative estimate of drug-likeness (QED) is 0.900. The van der Waals surface area contributed by atoms with Gasteiger partial charge in [-0.05, 0) is 25.0 Å². The van der Waals surface area contributed by atoms with Gasteiger partial charge in [-0.15, -0.1) is 0 Å². The number of nitrogens with zero attached hydrogens (tertiary/aromatic N) is 1. The lowest BCUT2D eigenvalue weighted by atomic mass is 10.2. The van der Waals surface area contributed by atoms with Gasteiger partial charge in [-0.2, -0.15) is 13.2 Å². The topological polar surface area (TPSA) is 61.4 Å². The summed E-state index contributed by atoms with van der Waals surface area (Å²) in [4.78, 5) is 25.0. The summed E-state index contributed by atoms with van der Waals surface area (Å²) in [5.74, 6) is -1.17. The number of likely N-dealkylation sites (tertiary alicyclic amines) is 1. The molecule has 1 aliphatic rings. The summed E-state index contributed by atoms with van der Waals surface area (Å²) in [5, 5.41) is 4.78. The minimum Gasteiger partial charge on any atom is -0.325 e. The molecule has 1 saturated heterocycles. The minimum atomic E-state index is -4.57. The fourth-order valence-corrected chi connectivity index (χ4v) is 2.19. The predicted molar refractivity (Wildman–Crippen MR) is 75.6 cm³/mol. The first-order valence-corrected chi connectivity index (χ1v) is 6.87. The molecule has 0 aromatic heterocycles. The van der Waals surface area contributed by atoms with Gasteiger partial charge in [-0.3, -0.25) is 4.79 Å².